The lowest BCUT2D eigenvalue weighted by molar-refractivity contribution is -0.141. The zero-order valence-electron chi connectivity index (χ0n) is 16.8. The summed E-state index contributed by atoms with van der Waals surface area (Å²) in [5, 5.41) is 2.85. The number of ether oxygens (including phenoxy) is 2. The second kappa shape index (κ2) is 9.57. The van der Waals surface area contributed by atoms with Gasteiger partial charge < -0.3 is 14.8 Å². The van der Waals surface area contributed by atoms with E-state index in [0.29, 0.717) is 19.6 Å². The summed E-state index contributed by atoms with van der Waals surface area (Å²) in [6.07, 6.45) is -0.123. The molecule has 0 radical (unpaired) electrons. The quantitative estimate of drug-likeness (QED) is 0.686. The predicted octanol–water partition coefficient (Wildman–Crippen LogP) is 3.20. The molecule has 1 aromatic rings. The van der Waals surface area contributed by atoms with E-state index in [4.69, 9.17) is 9.47 Å². The van der Waals surface area contributed by atoms with E-state index in [9.17, 15) is 9.59 Å². The van der Waals surface area contributed by atoms with Gasteiger partial charge in [-0.05, 0) is 46.8 Å². The summed E-state index contributed by atoms with van der Waals surface area (Å²) in [5.74, 6) is -0.279. The van der Waals surface area contributed by atoms with Gasteiger partial charge in [-0.15, -0.1) is 11.8 Å². The third kappa shape index (κ3) is 5.70. The summed E-state index contributed by atoms with van der Waals surface area (Å²) in [7, 11) is 0. The Labute approximate surface area is 166 Å². The highest BCUT2D eigenvalue weighted by atomic mass is 32.2. The number of para-hydroxylation sites is 1. The molecular weight excluding hydrogens is 364 g/mol. The van der Waals surface area contributed by atoms with Crippen molar-refractivity contribution in [1.82, 2.24) is 5.32 Å². The molecule has 1 aliphatic heterocycles. The second-order valence-electron chi connectivity index (χ2n) is 7.03. The van der Waals surface area contributed by atoms with E-state index in [2.05, 4.69) is 19.2 Å². The van der Waals surface area contributed by atoms with Gasteiger partial charge in [0.1, 0.15) is 6.04 Å². The molecule has 0 spiro atoms. The fourth-order valence-corrected chi connectivity index (χ4v) is 4.28. The highest BCUT2D eigenvalue weighted by Gasteiger charge is 2.37. The SMILES string of the molecule is CCOC(CNC(=O)[C@H](C)N1C(=O)CC(C)(C)Sc2ccccc21)OCC. The summed E-state index contributed by atoms with van der Waals surface area (Å²) >= 11 is 1.67. The van der Waals surface area contributed by atoms with E-state index in [1.807, 2.05) is 38.1 Å². The molecule has 0 bridgehead atoms. The minimum absolute atomic E-state index is 0.0498. The van der Waals surface area contributed by atoms with Crippen molar-refractivity contribution in [3.8, 4) is 0 Å². The number of nitrogens with zero attached hydrogens (tertiary/aromatic N) is 1. The van der Waals surface area contributed by atoms with Crippen molar-refractivity contribution in [3.63, 3.8) is 0 Å². The normalized spacial score (nSPS) is 17.4. The number of nitrogens with one attached hydrogen (secondary N) is 1. The standard InChI is InChI=1S/C20H30N2O4S/c1-6-25-18(26-7-2)13-21-19(24)14(3)22-15-10-8-9-11-16(15)27-20(4,5)12-17(22)23/h8-11,14,18H,6-7,12-13H2,1-5H3,(H,21,24)/t14-/m0/s1. The highest BCUT2D eigenvalue weighted by molar-refractivity contribution is 8.00. The Balaban J connectivity index is 2.17. The van der Waals surface area contributed by atoms with Crippen molar-refractivity contribution in [2.24, 2.45) is 0 Å². The number of benzene rings is 1. The van der Waals surface area contributed by atoms with Crippen molar-refractivity contribution >= 4 is 29.3 Å². The van der Waals surface area contributed by atoms with E-state index >= 15 is 0 Å². The molecule has 6 nitrogen and oxygen atoms in total. The molecule has 7 heteroatoms. The smallest absolute Gasteiger partial charge is 0.243 e. The Bertz CT molecular complexity index is 659. The van der Waals surface area contributed by atoms with Crippen LogP contribution in [0, 0.1) is 0 Å². The molecular formula is C20H30N2O4S. The van der Waals surface area contributed by atoms with Gasteiger partial charge in [0.15, 0.2) is 6.29 Å². The molecule has 2 amide bonds. The van der Waals surface area contributed by atoms with Crippen molar-refractivity contribution in [2.45, 2.75) is 63.0 Å². The van der Waals surface area contributed by atoms with Gasteiger partial charge in [0.25, 0.3) is 0 Å². The number of anilines is 1. The maximum atomic E-state index is 13.0. The monoisotopic (exact) mass is 394 g/mol. The maximum Gasteiger partial charge on any atom is 0.243 e. The van der Waals surface area contributed by atoms with E-state index in [1.165, 1.54) is 0 Å². The average molecular weight is 395 g/mol. The van der Waals surface area contributed by atoms with Gasteiger partial charge in [0.2, 0.25) is 11.8 Å². The Kier molecular flexibility index (Phi) is 7.70. The van der Waals surface area contributed by atoms with Crippen LogP contribution in [0.1, 0.15) is 41.0 Å². The lowest BCUT2D eigenvalue weighted by Gasteiger charge is -2.29. The van der Waals surface area contributed by atoms with Crippen LogP contribution in [0.5, 0.6) is 0 Å². The molecule has 0 saturated carbocycles. The molecule has 0 fully saturated rings. The number of carbonyl (C=O) groups is 2. The summed E-state index contributed by atoms with van der Waals surface area (Å²) in [6.45, 7) is 10.9. The number of rotatable bonds is 8. The molecule has 0 unspecified atom stereocenters. The van der Waals surface area contributed by atoms with Crippen molar-refractivity contribution < 1.29 is 19.1 Å². The van der Waals surface area contributed by atoms with Gasteiger partial charge in [-0.25, -0.2) is 0 Å². The molecule has 2 rings (SSSR count). The first-order chi connectivity index (χ1) is 12.8. The van der Waals surface area contributed by atoms with Crippen LogP contribution in [0.2, 0.25) is 0 Å². The fourth-order valence-electron chi connectivity index (χ4n) is 3.07. The lowest BCUT2D eigenvalue weighted by Crippen LogP contribution is -2.50. The molecule has 1 N–H and O–H groups in total. The van der Waals surface area contributed by atoms with Crippen LogP contribution in [-0.4, -0.2) is 48.7 Å². The number of hydrogen-bond acceptors (Lipinski definition) is 5. The van der Waals surface area contributed by atoms with Gasteiger partial charge >= 0.3 is 0 Å². The van der Waals surface area contributed by atoms with E-state index in [1.54, 1.807) is 23.6 Å². The molecule has 0 aromatic heterocycles. The summed E-state index contributed by atoms with van der Waals surface area (Å²) in [6, 6.07) is 7.11. The Morgan fingerprint density at radius 3 is 2.52 bits per heavy atom. The number of fused-ring (bicyclic) bond motifs is 1. The fraction of sp³-hybridized carbons (Fsp3) is 0.600. The summed E-state index contributed by atoms with van der Waals surface area (Å²) in [4.78, 5) is 28.3. The molecule has 27 heavy (non-hydrogen) atoms. The molecule has 1 aromatic carbocycles. The van der Waals surface area contributed by atoms with Gasteiger partial charge in [-0.2, -0.15) is 0 Å². The Hall–Kier alpha value is -1.57. The van der Waals surface area contributed by atoms with Crippen LogP contribution in [0.4, 0.5) is 5.69 Å². The third-order valence-corrected chi connectivity index (χ3v) is 5.53. The van der Waals surface area contributed by atoms with Crippen molar-refractivity contribution in [2.75, 3.05) is 24.7 Å². The topological polar surface area (TPSA) is 67.9 Å². The molecule has 150 valence electrons. The number of amides is 2. The molecule has 0 saturated heterocycles. The zero-order valence-corrected chi connectivity index (χ0v) is 17.6. The second-order valence-corrected chi connectivity index (χ2v) is 8.78. The van der Waals surface area contributed by atoms with Crippen LogP contribution in [0.3, 0.4) is 0 Å². The minimum Gasteiger partial charge on any atom is -0.351 e. The van der Waals surface area contributed by atoms with Crippen molar-refractivity contribution in [1.29, 1.82) is 0 Å². The first-order valence-electron chi connectivity index (χ1n) is 9.40. The first kappa shape index (κ1) is 21.7. The van der Waals surface area contributed by atoms with Crippen LogP contribution in [0.25, 0.3) is 0 Å². The van der Waals surface area contributed by atoms with Gasteiger partial charge in [0.05, 0.1) is 12.2 Å². The van der Waals surface area contributed by atoms with E-state index in [-0.39, 0.29) is 23.1 Å². The predicted molar refractivity (Wildman–Crippen MR) is 108 cm³/mol. The molecule has 1 aliphatic rings. The van der Waals surface area contributed by atoms with Crippen LogP contribution in [-0.2, 0) is 19.1 Å². The maximum absolute atomic E-state index is 13.0. The van der Waals surface area contributed by atoms with Gasteiger partial charge in [-0.3, -0.25) is 14.5 Å². The van der Waals surface area contributed by atoms with Gasteiger partial charge in [0, 0.05) is 29.3 Å². The summed E-state index contributed by atoms with van der Waals surface area (Å²) in [5.41, 5.74) is 0.784. The number of carbonyl (C=O) groups excluding carboxylic acids is 2. The van der Waals surface area contributed by atoms with Crippen LogP contribution in [0.15, 0.2) is 29.2 Å². The average Bonchev–Trinajstić information content (AvgIpc) is 2.70. The molecule has 0 aliphatic carbocycles. The third-order valence-electron chi connectivity index (χ3n) is 4.27. The number of hydrogen-bond donors (Lipinski definition) is 1. The highest BCUT2D eigenvalue weighted by Crippen LogP contribution is 2.44. The molecule has 1 heterocycles. The van der Waals surface area contributed by atoms with Gasteiger partial charge in [-0.1, -0.05) is 12.1 Å². The Morgan fingerprint density at radius 1 is 1.26 bits per heavy atom. The number of thioether (sulfide) groups is 1. The van der Waals surface area contributed by atoms with Crippen LogP contribution >= 0.6 is 11.8 Å². The summed E-state index contributed by atoms with van der Waals surface area (Å²) < 4.78 is 10.7. The molecule has 1 atom stereocenters. The van der Waals surface area contributed by atoms with E-state index in [0.717, 1.165) is 10.6 Å². The van der Waals surface area contributed by atoms with Crippen molar-refractivity contribution in [3.05, 3.63) is 24.3 Å². The minimum atomic E-state index is -0.628. The first-order valence-corrected chi connectivity index (χ1v) is 10.2. The lowest BCUT2D eigenvalue weighted by atomic mass is 10.1. The Morgan fingerprint density at radius 2 is 1.89 bits per heavy atom. The zero-order chi connectivity index (χ0) is 20.0. The largest absolute Gasteiger partial charge is 0.351 e. The van der Waals surface area contributed by atoms with E-state index < -0.39 is 12.3 Å². The van der Waals surface area contributed by atoms with Crippen LogP contribution < -0.4 is 10.2 Å².